The lowest BCUT2D eigenvalue weighted by Crippen LogP contribution is -2.48. The Morgan fingerprint density at radius 3 is 2.20 bits per heavy atom. The van der Waals surface area contributed by atoms with E-state index in [1.165, 1.54) is 10.6 Å². The monoisotopic (exact) mass is 428 g/mol. The van der Waals surface area contributed by atoms with E-state index in [9.17, 15) is 8.42 Å². The minimum atomic E-state index is -3.54. The molecule has 0 spiro atoms. The van der Waals surface area contributed by atoms with E-state index >= 15 is 0 Å². The van der Waals surface area contributed by atoms with Crippen LogP contribution in [-0.2, 0) is 10.0 Å². The summed E-state index contributed by atoms with van der Waals surface area (Å²) in [6, 6.07) is 8.37. The fourth-order valence-electron chi connectivity index (χ4n) is 3.43. The van der Waals surface area contributed by atoms with Gasteiger partial charge in [-0.1, -0.05) is 0 Å². The van der Waals surface area contributed by atoms with Gasteiger partial charge in [0.2, 0.25) is 10.0 Å². The zero-order chi connectivity index (χ0) is 21.3. The molecule has 0 radical (unpaired) electrons. The molecule has 0 saturated carbocycles. The lowest BCUT2D eigenvalue weighted by atomic mass is 10.3. The number of aryl methyl sites for hydroxylation is 1. The van der Waals surface area contributed by atoms with Crippen LogP contribution in [0.3, 0.4) is 0 Å². The average molecular weight is 429 g/mol. The first-order valence-corrected chi connectivity index (χ1v) is 11.1. The molecular formula is C20H24N6O3S. The molecule has 30 heavy (non-hydrogen) atoms. The van der Waals surface area contributed by atoms with Gasteiger partial charge >= 0.3 is 0 Å². The second kappa shape index (κ2) is 8.04. The van der Waals surface area contributed by atoms with Crippen molar-refractivity contribution in [2.45, 2.75) is 18.7 Å². The van der Waals surface area contributed by atoms with Crippen molar-refractivity contribution in [1.29, 1.82) is 0 Å². The minimum absolute atomic E-state index is 0.270. The smallest absolute Gasteiger partial charge is 0.243 e. The Morgan fingerprint density at radius 2 is 1.60 bits per heavy atom. The van der Waals surface area contributed by atoms with Crippen LogP contribution in [0.15, 0.2) is 47.9 Å². The van der Waals surface area contributed by atoms with Crippen molar-refractivity contribution in [1.82, 2.24) is 23.8 Å². The van der Waals surface area contributed by atoms with E-state index in [0.717, 1.165) is 23.0 Å². The Bertz CT molecular complexity index is 1140. The van der Waals surface area contributed by atoms with E-state index in [2.05, 4.69) is 19.9 Å². The number of hydrogen-bond acceptors (Lipinski definition) is 7. The largest absolute Gasteiger partial charge is 0.497 e. The van der Waals surface area contributed by atoms with Gasteiger partial charge in [-0.15, -0.1) is 0 Å². The number of aromatic nitrogens is 4. The Hall–Kier alpha value is -2.98. The van der Waals surface area contributed by atoms with E-state index in [1.54, 1.807) is 37.7 Å². The predicted molar refractivity (Wildman–Crippen MR) is 113 cm³/mol. The fourth-order valence-corrected chi connectivity index (χ4v) is 4.85. The molecule has 1 aromatic carbocycles. The fraction of sp³-hybridized carbons (Fsp3) is 0.350. The maximum absolute atomic E-state index is 12.9. The van der Waals surface area contributed by atoms with Crippen LogP contribution in [0.2, 0.25) is 0 Å². The molecule has 1 saturated heterocycles. The van der Waals surface area contributed by atoms with Crippen LogP contribution in [0, 0.1) is 13.8 Å². The molecule has 1 aliphatic rings. The SMILES string of the molecule is COc1ccc(S(=O)(=O)N2CCN(c3cc(-n4cnc(C)c4C)ncn3)CC2)cc1. The first kappa shape index (κ1) is 20.3. The van der Waals surface area contributed by atoms with E-state index in [0.29, 0.717) is 31.9 Å². The molecule has 4 rings (SSSR count). The van der Waals surface area contributed by atoms with Crippen molar-refractivity contribution in [3.8, 4) is 11.6 Å². The van der Waals surface area contributed by atoms with Crippen LogP contribution < -0.4 is 9.64 Å². The highest BCUT2D eigenvalue weighted by molar-refractivity contribution is 7.89. The van der Waals surface area contributed by atoms with Gasteiger partial charge in [-0.25, -0.2) is 23.4 Å². The number of methoxy groups -OCH3 is 1. The first-order chi connectivity index (χ1) is 14.4. The molecule has 9 nitrogen and oxygen atoms in total. The third-order valence-electron chi connectivity index (χ3n) is 5.40. The van der Waals surface area contributed by atoms with Gasteiger partial charge in [-0.3, -0.25) is 4.57 Å². The summed E-state index contributed by atoms with van der Waals surface area (Å²) in [5, 5.41) is 0. The second-order valence-electron chi connectivity index (χ2n) is 7.09. The highest BCUT2D eigenvalue weighted by Crippen LogP contribution is 2.23. The zero-order valence-electron chi connectivity index (χ0n) is 17.2. The highest BCUT2D eigenvalue weighted by atomic mass is 32.2. The first-order valence-electron chi connectivity index (χ1n) is 9.62. The molecule has 0 unspecified atom stereocenters. The van der Waals surface area contributed by atoms with Crippen LogP contribution in [0.25, 0.3) is 5.82 Å². The number of hydrogen-bond donors (Lipinski definition) is 0. The molecule has 158 valence electrons. The normalized spacial score (nSPS) is 15.4. The predicted octanol–water partition coefficient (Wildman–Crippen LogP) is 1.80. The third-order valence-corrected chi connectivity index (χ3v) is 7.31. The third kappa shape index (κ3) is 3.75. The number of sulfonamides is 1. The number of piperazine rings is 1. The summed E-state index contributed by atoms with van der Waals surface area (Å²) in [5.41, 5.74) is 1.97. The molecule has 0 atom stereocenters. The van der Waals surface area contributed by atoms with Gasteiger partial charge in [0, 0.05) is 37.9 Å². The summed E-state index contributed by atoms with van der Waals surface area (Å²) < 4.78 is 34.4. The van der Waals surface area contributed by atoms with Gasteiger partial charge in [0.15, 0.2) is 0 Å². The number of rotatable bonds is 5. The van der Waals surface area contributed by atoms with Crippen molar-refractivity contribution >= 4 is 15.8 Å². The van der Waals surface area contributed by atoms with E-state index < -0.39 is 10.0 Å². The van der Waals surface area contributed by atoms with Crippen LogP contribution in [0.4, 0.5) is 5.82 Å². The summed E-state index contributed by atoms with van der Waals surface area (Å²) >= 11 is 0. The molecule has 10 heteroatoms. The molecule has 3 heterocycles. The lowest BCUT2D eigenvalue weighted by molar-refractivity contribution is 0.383. The molecule has 1 aliphatic heterocycles. The van der Waals surface area contributed by atoms with Crippen molar-refractivity contribution in [3.63, 3.8) is 0 Å². The number of ether oxygens (including phenoxy) is 1. The summed E-state index contributed by atoms with van der Waals surface area (Å²) in [7, 11) is -1.99. The van der Waals surface area contributed by atoms with Gasteiger partial charge in [-0.2, -0.15) is 4.31 Å². The average Bonchev–Trinajstić information content (AvgIpc) is 3.12. The van der Waals surface area contributed by atoms with Crippen molar-refractivity contribution < 1.29 is 13.2 Å². The Balaban J connectivity index is 1.48. The van der Waals surface area contributed by atoms with E-state index in [4.69, 9.17) is 4.74 Å². The topological polar surface area (TPSA) is 93.5 Å². The maximum atomic E-state index is 12.9. The van der Waals surface area contributed by atoms with Crippen LogP contribution in [-0.4, -0.2) is 65.5 Å². The van der Waals surface area contributed by atoms with E-state index in [-0.39, 0.29) is 4.90 Å². The van der Waals surface area contributed by atoms with Gasteiger partial charge in [0.05, 0.1) is 17.7 Å². The molecule has 0 amide bonds. The molecule has 2 aromatic heterocycles. The minimum Gasteiger partial charge on any atom is -0.497 e. The molecular weight excluding hydrogens is 404 g/mol. The number of anilines is 1. The van der Waals surface area contributed by atoms with E-state index in [1.807, 2.05) is 24.5 Å². The van der Waals surface area contributed by atoms with Crippen molar-refractivity contribution in [2.75, 3.05) is 38.2 Å². The molecule has 1 fully saturated rings. The summed E-state index contributed by atoms with van der Waals surface area (Å²) in [5.74, 6) is 2.14. The van der Waals surface area contributed by atoms with Crippen LogP contribution in [0.5, 0.6) is 5.75 Å². The lowest BCUT2D eigenvalue weighted by Gasteiger charge is -2.34. The van der Waals surface area contributed by atoms with Gasteiger partial charge in [0.25, 0.3) is 0 Å². The quantitative estimate of drug-likeness (QED) is 0.612. The van der Waals surface area contributed by atoms with Crippen molar-refractivity contribution in [3.05, 3.63) is 54.4 Å². The van der Waals surface area contributed by atoms with Gasteiger partial charge < -0.3 is 9.64 Å². The Labute approximate surface area is 176 Å². The van der Waals surface area contributed by atoms with Crippen LogP contribution >= 0.6 is 0 Å². The molecule has 0 N–H and O–H groups in total. The maximum Gasteiger partial charge on any atom is 0.243 e. The Morgan fingerprint density at radius 1 is 0.933 bits per heavy atom. The zero-order valence-corrected chi connectivity index (χ0v) is 18.0. The van der Waals surface area contributed by atoms with Gasteiger partial charge in [-0.05, 0) is 38.1 Å². The van der Waals surface area contributed by atoms with Crippen molar-refractivity contribution in [2.24, 2.45) is 0 Å². The summed E-state index contributed by atoms with van der Waals surface area (Å²) in [6.07, 6.45) is 3.27. The Kier molecular flexibility index (Phi) is 5.44. The van der Waals surface area contributed by atoms with Gasteiger partial charge in [0.1, 0.15) is 30.0 Å². The summed E-state index contributed by atoms with van der Waals surface area (Å²) in [6.45, 7) is 5.82. The molecule has 0 bridgehead atoms. The highest BCUT2D eigenvalue weighted by Gasteiger charge is 2.29. The number of imidazole rings is 1. The number of benzene rings is 1. The second-order valence-corrected chi connectivity index (χ2v) is 9.02. The molecule has 3 aromatic rings. The standard InChI is InChI=1S/C20H24N6O3S/c1-15-16(2)26(14-23-15)20-12-19(21-13-22-20)24-8-10-25(11-9-24)30(27,28)18-6-4-17(29-3)5-7-18/h4-7,12-14H,8-11H2,1-3H3. The van der Waals surface area contributed by atoms with Crippen LogP contribution in [0.1, 0.15) is 11.4 Å². The molecule has 0 aliphatic carbocycles. The number of nitrogens with zero attached hydrogens (tertiary/aromatic N) is 6. The summed E-state index contributed by atoms with van der Waals surface area (Å²) in [4.78, 5) is 15.4.